The maximum atomic E-state index is 12.1. The molecule has 3 rings (SSSR count). The van der Waals surface area contributed by atoms with Crippen molar-refractivity contribution in [2.24, 2.45) is 0 Å². The number of thiophene rings is 1. The Hall–Kier alpha value is -1.39. The summed E-state index contributed by atoms with van der Waals surface area (Å²) in [6.07, 6.45) is 1.14. The Bertz CT molecular complexity index is 620. The maximum Gasteiger partial charge on any atom is 0.261 e. The molecule has 1 saturated heterocycles. The van der Waals surface area contributed by atoms with Gasteiger partial charge in [0, 0.05) is 24.2 Å². The standard InChI is InChI=1S/C15H18N2OS/c1-16-15(18)14-13(10-7-8-17(2)9-10)11-5-3-4-6-12(11)19-14/h3-6,10H,7-9H2,1-2H3,(H,16,18)/t10-/m0/s1. The topological polar surface area (TPSA) is 32.3 Å². The number of carbonyl (C=O) groups excluding carboxylic acids is 1. The Balaban J connectivity index is 2.16. The molecule has 0 aliphatic carbocycles. The molecule has 100 valence electrons. The second-order valence-corrected chi connectivity index (χ2v) is 6.22. The number of hydrogen-bond acceptors (Lipinski definition) is 3. The molecule has 2 heterocycles. The van der Waals surface area contributed by atoms with Gasteiger partial charge in [0.25, 0.3) is 5.91 Å². The van der Waals surface area contributed by atoms with Crippen LogP contribution >= 0.6 is 11.3 Å². The van der Waals surface area contributed by atoms with Gasteiger partial charge in [-0.05, 0) is 37.0 Å². The average Bonchev–Trinajstić information content (AvgIpc) is 3.00. The van der Waals surface area contributed by atoms with Crippen LogP contribution in [0.15, 0.2) is 24.3 Å². The summed E-state index contributed by atoms with van der Waals surface area (Å²) in [4.78, 5) is 15.4. The molecule has 0 bridgehead atoms. The largest absolute Gasteiger partial charge is 0.354 e. The highest BCUT2D eigenvalue weighted by atomic mass is 32.1. The first-order valence-corrected chi connectivity index (χ1v) is 7.44. The van der Waals surface area contributed by atoms with Gasteiger partial charge in [-0.3, -0.25) is 4.79 Å². The Kier molecular flexibility index (Phi) is 3.29. The third kappa shape index (κ3) is 2.15. The van der Waals surface area contributed by atoms with Crippen molar-refractivity contribution in [2.75, 3.05) is 27.2 Å². The molecule has 1 aromatic carbocycles. The number of nitrogens with zero attached hydrogens (tertiary/aromatic N) is 1. The molecular weight excluding hydrogens is 256 g/mol. The van der Waals surface area contributed by atoms with Gasteiger partial charge in [0.1, 0.15) is 0 Å². The Morgan fingerprint density at radius 2 is 2.21 bits per heavy atom. The van der Waals surface area contributed by atoms with E-state index in [4.69, 9.17) is 0 Å². The van der Waals surface area contributed by atoms with Crippen LogP contribution in [0.2, 0.25) is 0 Å². The van der Waals surface area contributed by atoms with Gasteiger partial charge in [-0.1, -0.05) is 18.2 Å². The van der Waals surface area contributed by atoms with E-state index in [1.165, 1.54) is 15.6 Å². The van der Waals surface area contributed by atoms with E-state index < -0.39 is 0 Å². The van der Waals surface area contributed by atoms with Crippen LogP contribution in [0.3, 0.4) is 0 Å². The van der Waals surface area contributed by atoms with Gasteiger partial charge in [0.15, 0.2) is 0 Å². The van der Waals surface area contributed by atoms with E-state index in [9.17, 15) is 4.79 Å². The summed E-state index contributed by atoms with van der Waals surface area (Å²) in [5.41, 5.74) is 1.25. The number of amides is 1. The quantitative estimate of drug-likeness (QED) is 0.913. The first kappa shape index (κ1) is 12.6. The van der Waals surface area contributed by atoms with Crippen molar-refractivity contribution >= 4 is 27.3 Å². The van der Waals surface area contributed by atoms with Crippen LogP contribution in [0, 0.1) is 0 Å². The number of fused-ring (bicyclic) bond motifs is 1. The zero-order valence-corrected chi connectivity index (χ0v) is 12.1. The van der Waals surface area contributed by atoms with Gasteiger partial charge >= 0.3 is 0 Å². The molecule has 19 heavy (non-hydrogen) atoms. The van der Waals surface area contributed by atoms with E-state index >= 15 is 0 Å². The van der Waals surface area contributed by atoms with E-state index in [2.05, 4.69) is 35.5 Å². The van der Waals surface area contributed by atoms with E-state index in [1.54, 1.807) is 18.4 Å². The molecule has 0 unspecified atom stereocenters. The van der Waals surface area contributed by atoms with Gasteiger partial charge in [0.2, 0.25) is 0 Å². The van der Waals surface area contributed by atoms with Crippen molar-refractivity contribution in [1.82, 2.24) is 10.2 Å². The predicted molar refractivity (Wildman–Crippen MR) is 80.1 cm³/mol. The summed E-state index contributed by atoms with van der Waals surface area (Å²) in [5, 5.41) is 4.03. The Morgan fingerprint density at radius 1 is 1.42 bits per heavy atom. The summed E-state index contributed by atoms with van der Waals surface area (Å²) >= 11 is 1.61. The third-order valence-corrected chi connectivity index (χ3v) is 5.05. The first-order chi connectivity index (χ1) is 9.20. The summed E-state index contributed by atoms with van der Waals surface area (Å²) < 4.78 is 1.21. The lowest BCUT2D eigenvalue weighted by Gasteiger charge is -2.12. The maximum absolute atomic E-state index is 12.1. The number of benzene rings is 1. The molecule has 1 amide bonds. The number of hydrogen-bond donors (Lipinski definition) is 1. The van der Waals surface area contributed by atoms with Gasteiger partial charge in [-0.15, -0.1) is 11.3 Å². The third-order valence-electron chi connectivity index (χ3n) is 3.87. The smallest absolute Gasteiger partial charge is 0.261 e. The number of carbonyl (C=O) groups is 1. The van der Waals surface area contributed by atoms with Gasteiger partial charge in [0.05, 0.1) is 4.88 Å². The Morgan fingerprint density at radius 3 is 2.89 bits per heavy atom. The lowest BCUT2D eigenvalue weighted by atomic mass is 9.95. The van der Waals surface area contributed by atoms with Crippen LogP contribution in [-0.4, -0.2) is 38.0 Å². The fraction of sp³-hybridized carbons (Fsp3) is 0.400. The molecule has 4 heteroatoms. The van der Waals surface area contributed by atoms with Crippen LogP contribution in [-0.2, 0) is 0 Å². The minimum absolute atomic E-state index is 0.0470. The van der Waals surface area contributed by atoms with Gasteiger partial charge in [-0.2, -0.15) is 0 Å². The monoisotopic (exact) mass is 274 g/mol. The summed E-state index contributed by atoms with van der Waals surface area (Å²) in [7, 11) is 3.85. The van der Waals surface area contributed by atoms with Crippen molar-refractivity contribution in [1.29, 1.82) is 0 Å². The van der Waals surface area contributed by atoms with Crippen LogP contribution in [0.4, 0.5) is 0 Å². The Labute approximate surface area is 117 Å². The highest BCUT2D eigenvalue weighted by Gasteiger charge is 2.28. The van der Waals surface area contributed by atoms with Crippen LogP contribution in [0.1, 0.15) is 27.6 Å². The fourth-order valence-electron chi connectivity index (χ4n) is 2.92. The minimum atomic E-state index is 0.0470. The zero-order chi connectivity index (χ0) is 13.4. The summed E-state index contributed by atoms with van der Waals surface area (Å²) in [6.45, 7) is 2.16. The molecule has 0 spiro atoms. The second-order valence-electron chi connectivity index (χ2n) is 5.17. The summed E-state index contributed by atoms with van der Waals surface area (Å²) in [5.74, 6) is 0.527. The van der Waals surface area contributed by atoms with E-state index in [0.717, 1.165) is 24.4 Å². The molecule has 1 atom stereocenters. The predicted octanol–water partition coefficient (Wildman–Crippen LogP) is 2.68. The van der Waals surface area contributed by atoms with Crippen molar-refractivity contribution in [3.8, 4) is 0 Å². The number of likely N-dealkylation sites (N-methyl/N-ethyl adjacent to an activating group) is 1. The molecule has 1 aliphatic rings. The number of likely N-dealkylation sites (tertiary alicyclic amines) is 1. The number of nitrogens with one attached hydrogen (secondary N) is 1. The van der Waals surface area contributed by atoms with Crippen molar-refractivity contribution < 1.29 is 4.79 Å². The lowest BCUT2D eigenvalue weighted by Crippen LogP contribution is -2.19. The molecule has 1 aliphatic heterocycles. The lowest BCUT2D eigenvalue weighted by molar-refractivity contribution is 0.0966. The van der Waals surface area contributed by atoms with Crippen LogP contribution in [0.25, 0.3) is 10.1 Å². The van der Waals surface area contributed by atoms with E-state index in [-0.39, 0.29) is 5.91 Å². The first-order valence-electron chi connectivity index (χ1n) is 6.62. The summed E-state index contributed by atoms with van der Waals surface area (Å²) in [6, 6.07) is 8.35. The highest BCUT2D eigenvalue weighted by molar-refractivity contribution is 7.21. The molecule has 0 radical (unpaired) electrons. The fourth-order valence-corrected chi connectivity index (χ4v) is 4.16. The molecule has 1 N–H and O–H groups in total. The van der Waals surface area contributed by atoms with Crippen LogP contribution < -0.4 is 5.32 Å². The SMILES string of the molecule is CNC(=O)c1sc2ccccc2c1[C@H]1CCN(C)C1. The van der Waals surface area contributed by atoms with Crippen molar-refractivity contribution in [2.45, 2.75) is 12.3 Å². The molecular formula is C15H18N2OS. The van der Waals surface area contributed by atoms with Gasteiger partial charge < -0.3 is 10.2 Å². The zero-order valence-electron chi connectivity index (χ0n) is 11.3. The van der Waals surface area contributed by atoms with E-state index in [1.807, 2.05) is 6.07 Å². The van der Waals surface area contributed by atoms with Crippen LogP contribution in [0.5, 0.6) is 0 Å². The van der Waals surface area contributed by atoms with Crippen molar-refractivity contribution in [3.05, 3.63) is 34.7 Å². The molecule has 3 nitrogen and oxygen atoms in total. The highest BCUT2D eigenvalue weighted by Crippen LogP contribution is 2.39. The van der Waals surface area contributed by atoms with Gasteiger partial charge in [-0.25, -0.2) is 0 Å². The molecule has 0 saturated carbocycles. The molecule has 2 aromatic rings. The molecule has 1 fully saturated rings. The minimum Gasteiger partial charge on any atom is -0.354 e. The number of rotatable bonds is 2. The average molecular weight is 274 g/mol. The normalized spacial score (nSPS) is 20.0. The van der Waals surface area contributed by atoms with E-state index in [0.29, 0.717) is 5.92 Å². The second kappa shape index (κ2) is 4.94. The van der Waals surface area contributed by atoms with Crippen molar-refractivity contribution in [3.63, 3.8) is 0 Å². The molecule has 1 aromatic heterocycles.